The highest BCUT2D eigenvalue weighted by atomic mass is 15.2. The van der Waals surface area contributed by atoms with E-state index in [0.29, 0.717) is 17.6 Å². The van der Waals surface area contributed by atoms with Crippen molar-refractivity contribution in [2.45, 2.75) is 0 Å². The van der Waals surface area contributed by atoms with Gasteiger partial charge < -0.3 is 0 Å². The first-order valence-corrected chi connectivity index (χ1v) is 15.6. The fourth-order valence-electron chi connectivity index (χ4n) is 6.86. The standard InChI is InChI=1S/C40H25N7/c1-4-14-26(15-5-1)37-42-38(27-16-6-2-7-17-27)44-39(43-37)46-32-21-11-10-20-29(32)30-24-25-31-36(35(30)46)47-34-23-13-12-22-33(34)45(40(47)41-31)28-18-8-3-9-19-28/h1-25H. The minimum absolute atomic E-state index is 0.554. The molecule has 4 heterocycles. The Labute approximate surface area is 268 Å². The van der Waals surface area contributed by atoms with E-state index in [1.807, 2.05) is 66.7 Å². The highest BCUT2D eigenvalue weighted by molar-refractivity contribution is 6.18. The Morgan fingerprint density at radius 2 is 0.957 bits per heavy atom. The predicted octanol–water partition coefficient (Wildman–Crippen LogP) is 9.05. The van der Waals surface area contributed by atoms with Gasteiger partial charge in [0.05, 0.1) is 33.1 Å². The number of nitrogens with zero attached hydrogens (tertiary/aromatic N) is 7. The molecule has 0 aliphatic carbocycles. The van der Waals surface area contributed by atoms with Gasteiger partial charge in [-0.25, -0.2) is 9.97 Å². The topological polar surface area (TPSA) is 65.8 Å². The molecule has 0 radical (unpaired) electrons. The fraction of sp³-hybridized carbons (Fsp3) is 0. The van der Waals surface area contributed by atoms with Crippen molar-refractivity contribution < 1.29 is 0 Å². The number of fused-ring (bicyclic) bond motifs is 9. The van der Waals surface area contributed by atoms with Crippen LogP contribution in [0.2, 0.25) is 0 Å². The molecule has 7 nitrogen and oxygen atoms in total. The average molecular weight is 604 g/mol. The van der Waals surface area contributed by atoms with Crippen molar-refractivity contribution in [2.24, 2.45) is 0 Å². The predicted molar refractivity (Wildman–Crippen MR) is 188 cm³/mol. The number of aromatic nitrogens is 7. The van der Waals surface area contributed by atoms with Gasteiger partial charge >= 0.3 is 0 Å². The Balaban J connectivity index is 1.38. The summed E-state index contributed by atoms with van der Waals surface area (Å²) in [7, 11) is 0. The number of para-hydroxylation sites is 4. The first-order valence-electron chi connectivity index (χ1n) is 15.6. The van der Waals surface area contributed by atoms with E-state index < -0.39 is 0 Å². The quantitative estimate of drug-likeness (QED) is 0.201. The zero-order chi connectivity index (χ0) is 30.9. The lowest BCUT2D eigenvalue weighted by molar-refractivity contribution is 0.954. The van der Waals surface area contributed by atoms with E-state index in [9.17, 15) is 0 Å². The summed E-state index contributed by atoms with van der Waals surface area (Å²) < 4.78 is 6.71. The highest BCUT2D eigenvalue weighted by Gasteiger charge is 2.24. The van der Waals surface area contributed by atoms with Gasteiger partial charge in [-0.3, -0.25) is 13.5 Å². The van der Waals surface area contributed by atoms with Gasteiger partial charge in [0, 0.05) is 27.6 Å². The Kier molecular flexibility index (Phi) is 5.44. The molecule has 0 bridgehead atoms. The van der Waals surface area contributed by atoms with Crippen molar-refractivity contribution in [3.8, 4) is 34.4 Å². The molecule has 10 rings (SSSR count). The Morgan fingerprint density at radius 1 is 0.383 bits per heavy atom. The van der Waals surface area contributed by atoms with Gasteiger partial charge in [0.15, 0.2) is 11.6 Å². The monoisotopic (exact) mass is 603 g/mol. The molecule has 0 amide bonds. The maximum Gasteiger partial charge on any atom is 0.238 e. The van der Waals surface area contributed by atoms with Crippen LogP contribution in [0.15, 0.2) is 152 Å². The van der Waals surface area contributed by atoms with E-state index in [1.54, 1.807) is 0 Å². The van der Waals surface area contributed by atoms with Gasteiger partial charge in [0.2, 0.25) is 11.7 Å². The summed E-state index contributed by atoms with van der Waals surface area (Å²) in [6, 6.07) is 51.9. The second kappa shape index (κ2) is 9.95. The number of imidazole rings is 2. The Bertz CT molecular complexity index is 2720. The van der Waals surface area contributed by atoms with E-state index in [4.69, 9.17) is 19.9 Å². The molecular formula is C40H25N7. The molecular weight excluding hydrogens is 578 g/mol. The van der Waals surface area contributed by atoms with Crippen molar-refractivity contribution >= 4 is 49.7 Å². The van der Waals surface area contributed by atoms with Gasteiger partial charge in [-0.2, -0.15) is 9.97 Å². The lowest BCUT2D eigenvalue weighted by Gasteiger charge is -2.11. The van der Waals surface area contributed by atoms with Crippen LogP contribution in [0.3, 0.4) is 0 Å². The Hall–Kier alpha value is -6.60. The number of benzene rings is 6. The molecule has 0 N–H and O–H groups in total. The molecule has 10 aromatic rings. The zero-order valence-corrected chi connectivity index (χ0v) is 25.1. The number of hydrogen-bond donors (Lipinski definition) is 0. The van der Waals surface area contributed by atoms with Gasteiger partial charge in [0.25, 0.3) is 0 Å². The minimum Gasteiger partial charge on any atom is -0.278 e. The van der Waals surface area contributed by atoms with E-state index in [0.717, 1.165) is 66.5 Å². The van der Waals surface area contributed by atoms with Crippen LogP contribution in [0, 0.1) is 0 Å². The summed E-state index contributed by atoms with van der Waals surface area (Å²) in [5.74, 6) is 2.64. The van der Waals surface area contributed by atoms with Crippen LogP contribution in [0.4, 0.5) is 0 Å². The second-order valence-corrected chi connectivity index (χ2v) is 11.6. The van der Waals surface area contributed by atoms with E-state index >= 15 is 0 Å². The van der Waals surface area contributed by atoms with Crippen molar-refractivity contribution in [3.05, 3.63) is 152 Å². The summed E-state index contributed by atoms with van der Waals surface area (Å²) in [5.41, 5.74) is 8.98. The summed E-state index contributed by atoms with van der Waals surface area (Å²) in [5, 5.41) is 2.23. The van der Waals surface area contributed by atoms with Crippen LogP contribution >= 0.6 is 0 Å². The first-order chi connectivity index (χ1) is 23.3. The van der Waals surface area contributed by atoms with E-state index in [2.05, 4.69) is 98.5 Å². The SMILES string of the molecule is c1ccc(-c2nc(-c3ccccc3)nc(-n3c4ccccc4c4ccc5nc6n(-c7ccccc7)c7ccccc7n6c5c43)n2)cc1. The van der Waals surface area contributed by atoms with Crippen molar-refractivity contribution in [3.63, 3.8) is 0 Å². The van der Waals surface area contributed by atoms with Crippen molar-refractivity contribution in [1.82, 2.24) is 33.5 Å². The smallest absolute Gasteiger partial charge is 0.238 e. The maximum absolute atomic E-state index is 5.27. The van der Waals surface area contributed by atoms with Gasteiger partial charge in [-0.05, 0) is 42.5 Å². The van der Waals surface area contributed by atoms with Gasteiger partial charge in [-0.15, -0.1) is 0 Å². The van der Waals surface area contributed by atoms with Crippen LogP contribution in [0.5, 0.6) is 0 Å². The van der Waals surface area contributed by atoms with Crippen molar-refractivity contribution in [2.75, 3.05) is 0 Å². The third-order valence-corrected chi connectivity index (χ3v) is 8.90. The molecule has 0 spiro atoms. The van der Waals surface area contributed by atoms with Crippen LogP contribution in [0.25, 0.3) is 84.1 Å². The van der Waals surface area contributed by atoms with Crippen LogP contribution in [-0.4, -0.2) is 33.5 Å². The molecule has 0 saturated heterocycles. The highest BCUT2D eigenvalue weighted by Crippen LogP contribution is 2.39. The molecule has 0 unspecified atom stereocenters. The normalized spacial score (nSPS) is 11.8. The molecule has 4 aromatic heterocycles. The molecule has 220 valence electrons. The number of hydrogen-bond acceptors (Lipinski definition) is 4. The van der Waals surface area contributed by atoms with Gasteiger partial charge in [-0.1, -0.05) is 109 Å². The summed E-state index contributed by atoms with van der Waals surface area (Å²) >= 11 is 0. The van der Waals surface area contributed by atoms with Crippen LogP contribution < -0.4 is 0 Å². The van der Waals surface area contributed by atoms with Crippen LogP contribution in [0.1, 0.15) is 0 Å². The number of rotatable bonds is 4. The summed E-state index contributed by atoms with van der Waals surface area (Å²) in [6.07, 6.45) is 0. The molecule has 47 heavy (non-hydrogen) atoms. The van der Waals surface area contributed by atoms with Crippen molar-refractivity contribution in [1.29, 1.82) is 0 Å². The second-order valence-electron chi connectivity index (χ2n) is 11.6. The first kappa shape index (κ1) is 25.7. The average Bonchev–Trinajstić information content (AvgIpc) is 3.79. The molecule has 0 atom stereocenters. The molecule has 6 aromatic carbocycles. The molecule has 0 saturated carbocycles. The minimum atomic E-state index is 0.554. The lowest BCUT2D eigenvalue weighted by atomic mass is 10.1. The Morgan fingerprint density at radius 3 is 1.64 bits per heavy atom. The lowest BCUT2D eigenvalue weighted by Crippen LogP contribution is -2.06. The van der Waals surface area contributed by atoms with Crippen LogP contribution in [-0.2, 0) is 0 Å². The molecule has 0 aliphatic rings. The third kappa shape index (κ3) is 3.80. The molecule has 0 aliphatic heterocycles. The zero-order valence-electron chi connectivity index (χ0n) is 25.1. The van der Waals surface area contributed by atoms with E-state index in [-0.39, 0.29) is 0 Å². The summed E-state index contributed by atoms with van der Waals surface area (Å²) in [6.45, 7) is 0. The molecule has 7 heteroatoms. The van der Waals surface area contributed by atoms with E-state index in [1.165, 1.54) is 0 Å². The molecule has 0 fully saturated rings. The third-order valence-electron chi connectivity index (χ3n) is 8.90. The largest absolute Gasteiger partial charge is 0.278 e. The maximum atomic E-state index is 5.27. The summed E-state index contributed by atoms with van der Waals surface area (Å²) in [4.78, 5) is 20.6. The fourth-order valence-corrected chi connectivity index (χ4v) is 6.86. The van der Waals surface area contributed by atoms with Gasteiger partial charge in [0.1, 0.15) is 0 Å².